The van der Waals surface area contributed by atoms with E-state index in [4.69, 9.17) is 4.74 Å². The Morgan fingerprint density at radius 2 is 2.16 bits per heavy atom. The first-order chi connectivity index (χ1) is 9.29. The summed E-state index contributed by atoms with van der Waals surface area (Å²) < 4.78 is 5.12. The van der Waals surface area contributed by atoms with Gasteiger partial charge in [0.15, 0.2) is 0 Å². The summed E-state index contributed by atoms with van der Waals surface area (Å²) in [7, 11) is 1.70. The first-order valence-electron chi connectivity index (χ1n) is 6.27. The van der Waals surface area contributed by atoms with Gasteiger partial charge in [-0.05, 0) is 33.5 Å². The fourth-order valence-corrected chi connectivity index (χ4v) is 2.64. The highest BCUT2D eigenvalue weighted by Gasteiger charge is 2.06. The lowest BCUT2D eigenvalue weighted by atomic mass is 10.1. The van der Waals surface area contributed by atoms with E-state index in [1.165, 1.54) is 11.1 Å². The van der Waals surface area contributed by atoms with Crippen LogP contribution in [-0.4, -0.2) is 18.8 Å². The van der Waals surface area contributed by atoms with Crippen molar-refractivity contribution in [1.29, 1.82) is 0 Å². The Morgan fingerprint density at radius 3 is 2.89 bits per heavy atom. The molecule has 2 rings (SSSR count). The molecule has 0 bridgehead atoms. The lowest BCUT2D eigenvalue weighted by Gasteiger charge is -2.11. The Labute approximate surface area is 117 Å². The van der Waals surface area contributed by atoms with Crippen molar-refractivity contribution in [2.75, 3.05) is 13.7 Å². The SMILES string of the molecule is COCc1cccc(CNCC(O)c2ccsc2)c1. The number of ether oxygens (including phenoxy) is 1. The minimum Gasteiger partial charge on any atom is -0.387 e. The Balaban J connectivity index is 1.80. The molecule has 2 aromatic rings. The fraction of sp³-hybridized carbons (Fsp3) is 0.333. The van der Waals surface area contributed by atoms with Gasteiger partial charge in [-0.15, -0.1) is 0 Å². The van der Waals surface area contributed by atoms with Crippen LogP contribution >= 0.6 is 11.3 Å². The van der Waals surface area contributed by atoms with Gasteiger partial charge in [0.2, 0.25) is 0 Å². The molecule has 1 aromatic heterocycles. The van der Waals surface area contributed by atoms with E-state index in [0.29, 0.717) is 13.2 Å². The summed E-state index contributed by atoms with van der Waals surface area (Å²) in [5.74, 6) is 0. The lowest BCUT2D eigenvalue weighted by molar-refractivity contribution is 0.174. The Hall–Kier alpha value is -1.20. The van der Waals surface area contributed by atoms with Crippen LogP contribution in [0, 0.1) is 0 Å². The van der Waals surface area contributed by atoms with Crippen molar-refractivity contribution in [3.8, 4) is 0 Å². The third-order valence-corrected chi connectivity index (χ3v) is 3.60. The molecule has 0 fully saturated rings. The van der Waals surface area contributed by atoms with Gasteiger partial charge in [-0.2, -0.15) is 11.3 Å². The quantitative estimate of drug-likeness (QED) is 0.817. The average Bonchev–Trinajstić information content (AvgIpc) is 2.93. The van der Waals surface area contributed by atoms with Crippen molar-refractivity contribution in [2.45, 2.75) is 19.3 Å². The zero-order chi connectivity index (χ0) is 13.5. The van der Waals surface area contributed by atoms with Gasteiger partial charge in [0.05, 0.1) is 12.7 Å². The molecule has 102 valence electrons. The second kappa shape index (κ2) is 7.40. The van der Waals surface area contributed by atoms with Crippen LogP contribution < -0.4 is 5.32 Å². The molecule has 0 amide bonds. The predicted octanol–water partition coefficient (Wildman–Crippen LogP) is 2.72. The van der Waals surface area contributed by atoms with E-state index in [-0.39, 0.29) is 0 Å². The molecule has 0 aliphatic carbocycles. The van der Waals surface area contributed by atoms with Gasteiger partial charge in [-0.1, -0.05) is 24.3 Å². The molecule has 2 N–H and O–H groups in total. The third kappa shape index (κ3) is 4.44. The second-order valence-corrected chi connectivity index (χ2v) is 5.24. The molecule has 1 heterocycles. The third-order valence-electron chi connectivity index (χ3n) is 2.90. The summed E-state index contributed by atoms with van der Waals surface area (Å²) in [5, 5.41) is 17.2. The number of nitrogens with one attached hydrogen (secondary N) is 1. The maximum Gasteiger partial charge on any atom is 0.0922 e. The number of rotatable bonds is 7. The molecule has 19 heavy (non-hydrogen) atoms. The number of methoxy groups -OCH3 is 1. The van der Waals surface area contributed by atoms with Crippen LogP contribution in [0.15, 0.2) is 41.1 Å². The van der Waals surface area contributed by atoms with Crippen LogP contribution in [0.1, 0.15) is 22.8 Å². The monoisotopic (exact) mass is 277 g/mol. The van der Waals surface area contributed by atoms with E-state index in [2.05, 4.69) is 17.4 Å². The summed E-state index contributed by atoms with van der Waals surface area (Å²) in [6, 6.07) is 10.2. The van der Waals surface area contributed by atoms with Crippen molar-refractivity contribution < 1.29 is 9.84 Å². The predicted molar refractivity (Wildman–Crippen MR) is 78.1 cm³/mol. The molecule has 1 atom stereocenters. The van der Waals surface area contributed by atoms with Crippen molar-refractivity contribution in [3.63, 3.8) is 0 Å². The van der Waals surface area contributed by atoms with Crippen LogP contribution in [0.3, 0.4) is 0 Å². The van der Waals surface area contributed by atoms with Gasteiger partial charge in [0, 0.05) is 20.2 Å². The molecule has 0 aliphatic heterocycles. The smallest absolute Gasteiger partial charge is 0.0922 e. The van der Waals surface area contributed by atoms with Gasteiger partial charge in [-0.25, -0.2) is 0 Å². The number of aliphatic hydroxyl groups is 1. The normalized spacial score (nSPS) is 12.5. The summed E-state index contributed by atoms with van der Waals surface area (Å²) in [4.78, 5) is 0. The maximum absolute atomic E-state index is 9.95. The number of hydrogen-bond donors (Lipinski definition) is 2. The van der Waals surface area contributed by atoms with Crippen molar-refractivity contribution >= 4 is 11.3 Å². The molecule has 1 aromatic carbocycles. The Bertz CT molecular complexity index is 485. The van der Waals surface area contributed by atoms with Crippen LogP contribution in [-0.2, 0) is 17.9 Å². The van der Waals surface area contributed by atoms with E-state index >= 15 is 0 Å². The highest BCUT2D eigenvalue weighted by Crippen LogP contribution is 2.15. The van der Waals surface area contributed by atoms with Crippen LogP contribution in [0.25, 0.3) is 0 Å². The van der Waals surface area contributed by atoms with Crippen molar-refractivity contribution in [2.24, 2.45) is 0 Å². The number of benzene rings is 1. The molecule has 0 radical (unpaired) electrons. The van der Waals surface area contributed by atoms with Crippen LogP contribution in [0.5, 0.6) is 0 Å². The first kappa shape index (κ1) is 14.2. The highest BCUT2D eigenvalue weighted by molar-refractivity contribution is 7.07. The molecule has 1 unspecified atom stereocenters. The van der Waals surface area contributed by atoms with E-state index in [1.807, 2.05) is 29.0 Å². The summed E-state index contributed by atoms with van der Waals surface area (Å²) >= 11 is 1.60. The standard InChI is InChI=1S/C15H19NO2S/c1-18-10-13-4-2-3-12(7-13)8-16-9-15(17)14-5-6-19-11-14/h2-7,11,15-17H,8-10H2,1H3. The van der Waals surface area contributed by atoms with Crippen LogP contribution in [0.2, 0.25) is 0 Å². The molecule has 0 saturated heterocycles. The van der Waals surface area contributed by atoms with Crippen molar-refractivity contribution in [3.05, 3.63) is 57.8 Å². The van der Waals surface area contributed by atoms with Gasteiger partial charge >= 0.3 is 0 Å². The average molecular weight is 277 g/mol. The molecule has 4 heteroatoms. The Kier molecular flexibility index (Phi) is 5.54. The van der Waals surface area contributed by atoms with Gasteiger partial charge < -0.3 is 15.2 Å². The lowest BCUT2D eigenvalue weighted by Crippen LogP contribution is -2.20. The van der Waals surface area contributed by atoms with Crippen molar-refractivity contribution in [1.82, 2.24) is 5.32 Å². The highest BCUT2D eigenvalue weighted by atomic mass is 32.1. The Morgan fingerprint density at radius 1 is 1.32 bits per heavy atom. The number of thiophene rings is 1. The minimum atomic E-state index is -0.437. The van der Waals surface area contributed by atoms with E-state index in [1.54, 1.807) is 18.4 Å². The molecule has 0 saturated carbocycles. The summed E-state index contributed by atoms with van der Waals surface area (Å²) in [6.45, 7) is 1.94. The van der Waals surface area contributed by atoms with Gasteiger partial charge in [0.25, 0.3) is 0 Å². The number of hydrogen-bond acceptors (Lipinski definition) is 4. The summed E-state index contributed by atoms with van der Waals surface area (Å²) in [5.41, 5.74) is 3.35. The first-order valence-corrected chi connectivity index (χ1v) is 7.21. The van der Waals surface area contributed by atoms with E-state index < -0.39 is 6.10 Å². The van der Waals surface area contributed by atoms with Crippen LogP contribution in [0.4, 0.5) is 0 Å². The molecule has 0 aliphatic rings. The second-order valence-electron chi connectivity index (χ2n) is 4.46. The van der Waals surface area contributed by atoms with Gasteiger partial charge in [0.1, 0.15) is 0 Å². The van der Waals surface area contributed by atoms with E-state index in [0.717, 1.165) is 12.1 Å². The van der Waals surface area contributed by atoms with E-state index in [9.17, 15) is 5.11 Å². The zero-order valence-corrected chi connectivity index (χ0v) is 11.8. The molecule has 0 spiro atoms. The minimum absolute atomic E-state index is 0.437. The summed E-state index contributed by atoms with van der Waals surface area (Å²) in [6.07, 6.45) is -0.437. The number of aliphatic hydroxyl groups excluding tert-OH is 1. The topological polar surface area (TPSA) is 41.5 Å². The van der Waals surface area contributed by atoms with Gasteiger partial charge in [-0.3, -0.25) is 0 Å². The fourth-order valence-electron chi connectivity index (χ4n) is 1.93. The maximum atomic E-state index is 9.95. The largest absolute Gasteiger partial charge is 0.387 e. The molecule has 3 nitrogen and oxygen atoms in total. The zero-order valence-electron chi connectivity index (χ0n) is 11.0. The molecular formula is C15H19NO2S. The molecular weight excluding hydrogens is 258 g/mol.